The molecule has 1 aliphatic rings. The van der Waals surface area contributed by atoms with Gasteiger partial charge in [-0.1, -0.05) is 18.5 Å². The molecular formula is C11H14ClNO2. The van der Waals surface area contributed by atoms with E-state index in [-0.39, 0.29) is 12.8 Å². The van der Waals surface area contributed by atoms with Crippen molar-refractivity contribution in [2.24, 2.45) is 5.73 Å². The normalized spacial score (nSPS) is 15.5. The number of ether oxygens (including phenoxy) is 2. The second-order valence-electron chi connectivity index (χ2n) is 3.63. The molecule has 1 aliphatic heterocycles. The van der Waals surface area contributed by atoms with Gasteiger partial charge in [0.1, 0.15) is 0 Å². The van der Waals surface area contributed by atoms with Gasteiger partial charge in [0.2, 0.25) is 6.79 Å². The summed E-state index contributed by atoms with van der Waals surface area (Å²) in [6, 6.07) is 1.82. The maximum absolute atomic E-state index is 6.09. The van der Waals surface area contributed by atoms with Crippen molar-refractivity contribution in [2.45, 2.75) is 26.3 Å². The summed E-state index contributed by atoms with van der Waals surface area (Å²) in [6.07, 6.45) is 0.861. The lowest BCUT2D eigenvalue weighted by atomic mass is 9.98. The highest BCUT2D eigenvalue weighted by atomic mass is 35.5. The minimum Gasteiger partial charge on any atom is -0.453 e. The van der Waals surface area contributed by atoms with Crippen LogP contribution in [0, 0.1) is 0 Å². The lowest BCUT2D eigenvalue weighted by Gasteiger charge is -2.14. The molecule has 4 heteroatoms. The first kappa shape index (κ1) is 10.6. The minimum absolute atomic E-state index is 0.0491. The molecule has 82 valence electrons. The molecule has 2 N–H and O–H groups in total. The molecule has 3 nitrogen and oxygen atoms in total. The van der Waals surface area contributed by atoms with E-state index in [2.05, 4.69) is 6.92 Å². The third kappa shape index (κ3) is 1.66. The number of fused-ring (bicyclic) bond motifs is 1. The Kier molecular flexibility index (Phi) is 2.76. The fourth-order valence-electron chi connectivity index (χ4n) is 1.87. The lowest BCUT2D eigenvalue weighted by Crippen LogP contribution is -2.08. The molecule has 0 radical (unpaired) electrons. The van der Waals surface area contributed by atoms with Crippen LogP contribution in [-0.4, -0.2) is 6.79 Å². The van der Waals surface area contributed by atoms with Crippen LogP contribution >= 0.6 is 11.6 Å². The number of nitrogens with two attached hydrogens (primary N) is 1. The smallest absolute Gasteiger partial charge is 0.231 e. The van der Waals surface area contributed by atoms with Crippen molar-refractivity contribution in [3.8, 4) is 11.5 Å². The number of benzene rings is 1. The summed E-state index contributed by atoms with van der Waals surface area (Å²) < 4.78 is 10.7. The van der Waals surface area contributed by atoms with Crippen molar-refractivity contribution < 1.29 is 9.47 Å². The first-order valence-electron chi connectivity index (χ1n) is 5.01. The van der Waals surface area contributed by atoms with Crippen molar-refractivity contribution in [3.63, 3.8) is 0 Å². The highest BCUT2D eigenvalue weighted by molar-refractivity contribution is 6.32. The predicted octanol–water partition coefficient (Wildman–Crippen LogP) is 2.65. The van der Waals surface area contributed by atoms with Crippen molar-refractivity contribution in [1.82, 2.24) is 0 Å². The molecule has 0 bridgehead atoms. The van der Waals surface area contributed by atoms with Crippen LogP contribution in [0.3, 0.4) is 0 Å². The average molecular weight is 228 g/mol. The molecule has 1 aromatic rings. The monoisotopic (exact) mass is 227 g/mol. The molecule has 0 saturated heterocycles. The van der Waals surface area contributed by atoms with Crippen LogP contribution in [-0.2, 0) is 6.42 Å². The average Bonchev–Trinajstić information content (AvgIpc) is 2.66. The molecule has 0 spiro atoms. The molecular weight excluding hydrogens is 214 g/mol. The maximum Gasteiger partial charge on any atom is 0.231 e. The van der Waals surface area contributed by atoms with Crippen LogP contribution in [0.1, 0.15) is 31.0 Å². The summed E-state index contributed by atoms with van der Waals surface area (Å²) in [7, 11) is 0. The molecule has 0 amide bonds. The highest BCUT2D eigenvalue weighted by Crippen LogP contribution is 2.44. The Balaban J connectivity index is 2.63. The van der Waals surface area contributed by atoms with Gasteiger partial charge in [-0.25, -0.2) is 0 Å². The third-order valence-corrected chi connectivity index (χ3v) is 2.86. The molecule has 1 heterocycles. The topological polar surface area (TPSA) is 44.5 Å². The van der Waals surface area contributed by atoms with E-state index in [4.69, 9.17) is 26.8 Å². The lowest BCUT2D eigenvalue weighted by molar-refractivity contribution is 0.173. The summed E-state index contributed by atoms with van der Waals surface area (Å²) in [5.41, 5.74) is 8.03. The van der Waals surface area contributed by atoms with E-state index < -0.39 is 0 Å². The molecule has 0 fully saturated rings. The fraction of sp³-hybridized carbons (Fsp3) is 0.455. The Morgan fingerprint density at radius 2 is 2.13 bits per heavy atom. The van der Waals surface area contributed by atoms with Gasteiger partial charge in [-0.3, -0.25) is 0 Å². The third-order valence-electron chi connectivity index (χ3n) is 2.58. The number of rotatable bonds is 2. The van der Waals surface area contributed by atoms with Crippen LogP contribution in [0.25, 0.3) is 0 Å². The zero-order chi connectivity index (χ0) is 11.0. The van der Waals surface area contributed by atoms with E-state index in [1.807, 2.05) is 13.0 Å². The highest BCUT2D eigenvalue weighted by Gasteiger charge is 2.24. The van der Waals surface area contributed by atoms with Gasteiger partial charge >= 0.3 is 0 Å². The summed E-state index contributed by atoms with van der Waals surface area (Å²) >= 11 is 6.09. The summed E-state index contributed by atoms with van der Waals surface area (Å²) in [4.78, 5) is 0. The summed E-state index contributed by atoms with van der Waals surface area (Å²) in [5.74, 6) is 1.41. The molecule has 2 rings (SSSR count). The molecule has 0 aliphatic carbocycles. The summed E-state index contributed by atoms with van der Waals surface area (Å²) in [5, 5.41) is 0.576. The molecule has 1 atom stereocenters. The van der Waals surface area contributed by atoms with Crippen molar-refractivity contribution in [2.75, 3.05) is 6.79 Å². The fourth-order valence-corrected chi connectivity index (χ4v) is 2.13. The molecule has 1 unspecified atom stereocenters. The van der Waals surface area contributed by atoms with E-state index in [9.17, 15) is 0 Å². The van der Waals surface area contributed by atoms with Crippen LogP contribution in [0.5, 0.6) is 11.5 Å². The standard InChI is InChI=1S/C11H14ClNO2/c1-3-7-8(6(2)13)4-9(12)11-10(7)14-5-15-11/h4,6H,3,5,13H2,1-2H3. The van der Waals surface area contributed by atoms with Gasteiger partial charge in [0.05, 0.1) is 5.02 Å². The number of halogens is 1. The first-order valence-corrected chi connectivity index (χ1v) is 5.39. The van der Waals surface area contributed by atoms with Gasteiger partial charge in [0, 0.05) is 11.6 Å². The van der Waals surface area contributed by atoms with E-state index in [1.165, 1.54) is 0 Å². The van der Waals surface area contributed by atoms with Crippen LogP contribution in [0.2, 0.25) is 5.02 Å². The van der Waals surface area contributed by atoms with Crippen molar-refractivity contribution in [3.05, 3.63) is 22.2 Å². The van der Waals surface area contributed by atoms with E-state index >= 15 is 0 Å². The zero-order valence-corrected chi connectivity index (χ0v) is 9.60. The van der Waals surface area contributed by atoms with Gasteiger partial charge in [-0.2, -0.15) is 0 Å². The van der Waals surface area contributed by atoms with Gasteiger partial charge < -0.3 is 15.2 Å². The quantitative estimate of drug-likeness (QED) is 0.845. The van der Waals surface area contributed by atoms with E-state index in [1.54, 1.807) is 0 Å². The Morgan fingerprint density at radius 3 is 2.73 bits per heavy atom. The maximum atomic E-state index is 6.09. The largest absolute Gasteiger partial charge is 0.453 e. The Hall–Kier alpha value is -0.930. The van der Waals surface area contributed by atoms with Gasteiger partial charge in [0.15, 0.2) is 11.5 Å². The summed E-state index contributed by atoms with van der Waals surface area (Å²) in [6.45, 7) is 4.24. The number of hydrogen-bond donors (Lipinski definition) is 1. The van der Waals surface area contributed by atoms with Crippen molar-refractivity contribution >= 4 is 11.6 Å². The van der Waals surface area contributed by atoms with E-state index in [0.29, 0.717) is 10.8 Å². The Labute approximate surface area is 94.1 Å². The molecule has 15 heavy (non-hydrogen) atoms. The minimum atomic E-state index is -0.0491. The van der Waals surface area contributed by atoms with Crippen molar-refractivity contribution in [1.29, 1.82) is 0 Å². The zero-order valence-electron chi connectivity index (χ0n) is 8.84. The SMILES string of the molecule is CCc1c(C(C)N)cc(Cl)c2c1OCO2. The second-order valence-corrected chi connectivity index (χ2v) is 4.04. The molecule has 1 aromatic carbocycles. The molecule has 0 saturated carbocycles. The Bertz CT molecular complexity index is 391. The van der Waals surface area contributed by atoms with Crippen LogP contribution in [0.4, 0.5) is 0 Å². The van der Waals surface area contributed by atoms with Gasteiger partial charge in [-0.05, 0) is 25.0 Å². The van der Waals surface area contributed by atoms with Gasteiger partial charge in [-0.15, -0.1) is 0 Å². The van der Waals surface area contributed by atoms with E-state index in [0.717, 1.165) is 23.3 Å². The second kappa shape index (κ2) is 3.91. The number of hydrogen-bond acceptors (Lipinski definition) is 3. The van der Waals surface area contributed by atoms with Crippen LogP contribution in [0.15, 0.2) is 6.07 Å². The predicted molar refractivity (Wildman–Crippen MR) is 59.6 cm³/mol. The Morgan fingerprint density at radius 1 is 1.47 bits per heavy atom. The van der Waals surface area contributed by atoms with Gasteiger partial charge in [0.25, 0.3) is 0 Å². The molecule has 0 aromatic heterocycles. The van der Waals surface area contributed by atoms with Crippen LogP contribution < -0.4 is 15.2 Å². The first-order chi connectivity index (χ1) is 7.15.